The van der Waals surface area contributed by atoms with Gasteiger partial charge in [-0.25, -0.2) is 9.97 Å². The molecule has 0 aliphatic rings. The van der Waals surface area contributed by atoms with E-state index < -0.39 is 0 Å². The molecular formula is C18H25N3O. The second-order valence-corrected chi connectivity index (χ2v) is 5.37. The van der Waals surface area contributed by atoms with Crippen LogP contribution in [0.5, 0.6) is 11.8 Å². The van der Waals surface area contributed by atoms with E-state index in [0.29, 0.717) is 6.01 Å². The van der Waals surface area contributed by atoms with E-state index in [1.807, 2.05) is 18.2 Å². The van der Waals surface area contributed by atoms with Crippen molar-refractivity contribution < 1.29 is 4.74 Å². The van der Waals surface area contributed by atoms with Gasteiger partial charge in [-0.2, -0.15) is 0 Å². The van der Waals surface area contributed by atoms with Crippen LogP contribution >= 0.6 is 0 Å². The van der Waals surface area contributed by atoms with Gasteiger partial charge in [0.25, 0.3) is 0 Å². The Hall–Kier alpha value is -1.94. The topological polar surface area (TPSA) is 47.0 Å². The number of nitrogens with one attached hydrogen (secondary N) is 1. The third-order valence-electron chi connectivity index (χ3n) is 3.44. The van der Waals surface area contributed by atoms with Crippen molar-refractivity contribution in [3.63, 3.8) is 0 Å². The molecule has 0 aliphatic heterocycles. The van der Waals surface area contributed by atoms with Crippen LogP contribution < -0.4 is 10.1 Å². The van der Waals surface area contributed by atoms with Crippen LogP contribution in [-0.4, -0.2) is 16.5 Å². The van der Waals surface area contributed by atoms with Gasteiger partial charge >= 0.3 is 6.01 Å². The fourth-order valence-electron chi connectivity index (χ4n) is 2.25. The van der Waals surface area contributed by atoms with Gasteiger partial charge in [0.05, 0.1) is 0 Å². The zero-order valence-electron chi connectivity index (χ0n) is 13.3. The molecule has 2 aromatic rings. The Morgan fingerprint density at radius 2 is 1.82 bits per heavy atom. The maximum Gasteiger partial charge on any atom is 0.321 e. The summed E-state index contributed by atoms with van der Waals surface area (Å²) in [5.74, 6) is 0.772. The van der Waals surface area contributed by atoms with Gasteiger partial charge in [-0.15, -0.1) is 0 Å². The average Bonchev–Trinajstić information content (AvgIpc) is 2.55. The molecule has 0 saturated heterocycles. The summed E-state index contributed by atoms with van der Waals surface area (Å²) in [5.41, 5.74) is 1.21. The molecule has 4 heteroatoms. The van der Waals surface area contributed by atoms with Crippen LogP contribution in [-0.2, 0) is 6.54 Å². The van der Waals surface area contributed by atoms with Crippen LogP contribution in [0.2, 0.25) is 0 Å². The fraction of sp³-hybridized carbons (Fsp3) is 0.444. The monoisotopic (exact) mass is 299 g/mol. The number of rotatable bonds is 10. The molecule has 118 valence electrons. The van der Waals surface area contributed by atoms with Gasteiger partial charge in [-0.1, -0.05) is 44.7 Å². The normalized spacial score (nSPS) is 10.6. The van der Waals surface area contributed by atoms with Crippen molar-refractivity contribution in [2.45, 2.75) is 45.6 Å². The van der Waals surface area contributed by atoms with Crippen molar-refractivity contribution in [2.75, 3.05) is 6.54 Å². The highest BCUT2D eigenvalue weighted by Crippen LogP contribution is 2.18. The van der Waals surface area contributed by atoms with E-state index >= 15 is 0 Å². The summed E-state index contributed by atoms with van der Waals surface area (Å²) in [7, 11) is 0. The van der Waals surface area contributed by atoms with E-state index in [1.54, 1.807) is 18.5 Å². The van der Waals surface area contributed by atoms with E-state index in [2.05, 4.69) is 28.3 Å². The first kappa shape index (κ1) is 16.4. The number of benzene rings is 1. The molecular weight excluding hydrogens is 274 g/mol. The molecule has 0 fully saturated rings. The summed E-state index contributed by atoms with van der Waals surface area (Å²) in [6.07, 6.45) is 9.90. The standard InChI is InChI=1S/C18H25N3O/c1-2-3-4-5-6-11-19-15-16-9-7-10-17(14-16)22-18-20-12-8-13-21-18/h7-10,12-14,19H,2-6,11,15H2,1H3. The van der Waals surface area contributed by atoms with E-state index in [1.165, 1.54) is 37.7 Å². The molecule has 1 N–H and O–H groups in total. The van der Waals surface area contributed by atoms with Crippen molar-refractivity contribution in [1.29, 1.82) is 0 Å². The summed E-state index contributed by atoms with van der Waals surface area (Å²) >= 11 is 0. The predicted octanol–water partition coefficient (Wildman–Crippen LogP) is 4.33. The largest absolute Gasteiger partial charge is 0.424 e. The number of unbranched alkanes of at least 4 members (excludes halogenated alkanes) is 4. The third-order valence-corrected chi connectivity index (χ3v) is 3.44. The molecule has 0 atom stereocenters. The SMILES string of the molecule is CCCCCCCNCc1cccc(Oc2ncccn2)c1. The average molecular weight is 299 g/mol. The van der Waals surface area contributed by atoms with Crippen LogP contribution in [0.4, 0.5) is 0 Å². The first-order valence-corrected chi connectivity index (χ1v) is 8.13. The quantitative estimate of drug-likeness (QED) is 0.663. The van der Waals surface area contributed by atoms with Gasteiger partial charge in [0.2, 0.25) is 0 Å². The summed E-state index contributed by atoms with van der Waals surface area (Å²) in [4.78, 5) is 8.13. The summed E-state index contributed by atoms with van der Waals surface area (Å²) < 4.78 is 5.64. The van der Waals surface area contributed by atoms with Crippen molar-refractivity contribution in [3.05, 3.63) is 48.3 Å². The lowest BCUT2D eigenvalue weighted by Crippen LogP contribution is -2.14. The molecule has 2 rings (SSSR count). The van der Waals surface area contributed by atoms with E-state index in [4.69, 9.17) is 4.74 Å². The smallest absolute Gasteiger partial charge is 0.321 e. The van der Waals surface area contributed by atoms with Gasteiger partial charge < -0.3 is 10.1 Å². The maximum absolute atomic E-state index is 5.64. The number of hydrogen-bond donors (Lipinski definition) is 1. The minimum atomic E-state index is 0.378. The van der Waals surface area contributed by atoms with Gasteiger partial charge in [0, 0.05) is 18.9 Å². The molecule has 0 unspecified atom stereocenters. The molecule has 0 amide bonds. The van der Waals surface area contributed by atoms with Crippen LogP contribution in [0.1, 0.15) is 44.6 Å². The highest BCUT2D eigenvalue weighted by atomic mass is 16.5. The molecule has 1 heterocycles. The Kier molecular flexibility index (Phi) is 7.39. The lowest BCUT2D eigenvalue weighted by atomic mass is 10.1. The molecule has 22 heavy (non-hydrogen) atoms. The highest BCUT2D eigenvalue weighted by Gasteiger charge is 2.00. The Bertz CT molecular complexity index is 531. The van der Waals surface area contributed by atoms with E-state index in [-0.39, 0.29) is 0 Å². The molecule has 1 aromatic carbocycles. The van der Waals surface area contributed by atoms with Gasteiger partial charge in [-0.05, 0) is 36.7 Å². The van der Waals surface area contributed by atoms with Gasteiger partial charge in [-0.3, -0.25) is 0 Å². The Labute approximate surface area is 133 Å². The van der Waals surface area contributed by atoms with Gasteiger partial charge in [0.15, 0.2) is 0 Å². The van der Waals surface area contributed by atoms with Crippen molar-refractivity contribution in [3.8, 4) is 11.8 Å². The first-order chi connectivity index (χ1) is 10.9. The van der Waals surface area contributed by atoms with E-state index in [9.17, 15) is 0 Å². The minimum Gasteiger partial charge on any atom is -0.424 e. The second-order valence-electron chi connectivity index (χ2n) is 5.37. The molecule has 1 aromatic heterocycles. The fourth-order valence-corrected chi connectivity index (χ4v) is 2.25. The highest BCUT2D eigenvalue weighted by molar-refractivity contribution is 5.30. The Morgan fingerprint density at radius 3 is 2.64 bits per heavy atom. The number of nitrogens with zero attached hydrogens (tertiary/aromatic N) is 2. The molecule has 0 aliphatic carbocycles. The Morgan fingerprint density at radius 1 is 1.00 bits per heavy atom. The van der Waals surface area contributed by atoms with Crippen molar-refractivity contribution in [1.82, 2.24) is 15.3 Å². The number of hydrogen-bond acceptors (Lipinski definition) is 4. The van der Waals surface area contributed by atoms with Crippen molar-refractivity contribution in [2.24, 2.45) is 0 Å². The zero-order valence-corrected chi connectivity index (χ0v) is 13.3. The second kappa shape index (κ2) is 9.90. The predicted molar refractivity (Wildman–Crippen MR) is 89.0 cm³/mol. The number of ether oxygens (including phenoxy) is 1. The molecule has 0 radical (unpaired) electrons. The minimum absolute atomic E-state index is 0.378. The van der Waals surface area contributed by atoms with Crippen LogP contribution in [0.15, 0.2) is 42.7 Å². The van der Waals surface area contributed by atoms with Crippen molar-refractivity contribution >= 4 is 0 Å². The third kappa shape index (κ3) is 6.22. The summed E-state index contributed by atoms with van der Waals surface area (Å²) in [5, 5.41) is 3.48. The Balaban J connectivity index is 1.72. The molecule has 0 bridgehead atoms. The zero-order chi connectivity index (χ0) is 15.5. The maximum atomic E-state index is 5.64. The lowest BCUT2D eigenvalue weighted by Gasteiger charge is -2.07. The first-order valence-electron chi connectivity index (χ1n) is 8.13. The summed E-state index contributed by atoms with van der Waals surface area (Å²) in [6.45, 7) is 4.17. The van der Waals surface area contributed by atoms with Crippen LogP contribution in [0, 0.1) is 0 Å². The molecule has 0 saturated carbocycles. The molecule has 4 nitrogen and oxygen atoms in total. The number of aromatic nitrogens is 2. The lowest BCUT2D eigenvalue weighted by molar-refractivity contribution is 0.441. The van der Waals surface area contributed by atoms with E-state index in [0.717, 1.165) is 18.8 Å². The molecule has 0 spiro atoms. The van der Waals surface area contributed by atoms with Gasteiger partial charge in [0.1, 0.15) is 5.75 Å². The summed E-state index contributed by atoms with van der Waals surface area (Å²) in [6, 6.07) is 10.2. The van der Waals surface area contributed by atoms with Crippen LogP contribution in [0.25, 0.3) is 0 Å². The van der Waals surface area contributed by atoms with Crippen LogP contribution in [0.3, 0.4) is 0 Å².